The Kier molecular flexibility index (Phi) is 6.09. The van der Waals surface area contributed by atoms with Crippen LogP contribution in [0.2, 0.25) is 0 Å². The minimum absolute atomic E-state index is 0.115. The zero-order chi connectivity index (χ0) is 10.9. The maximum absolute atomic E-state index is 10.8. The number of ether oxygens (including phenoxy) is 1. The van der Waals surface area contributed by atoms with Crippen molar-refractivity contribution < 1.29 is 9.53 Å². The molecule has 15 heavy (non-hydrogen) atoms. The van der Waals surface area contributed by atoms with E-state index in [-0.39, 0.29) is 5.97 Å². The Hall–Kier alpha value is -0.830. The summed E-state index contributed by atoms with van der Waals surface area (Å²) in [5, 5.41) is 3.34. The monoisotopic (exact) mass is 211 g/mol. The minimum Gasteiger partial charge on any atom is -0.469 e. The molecule has 86 valence electrons. The number of rotatable bonds is 7. The standard InChI is InChI=1S/C12H21NO2/c1-15-12(14)7-4-9-13-10-8-11-5-2-3-6-11/h5,13H,2-4,6-10H2,1H3. The van der Waals surface area contributed by atoms with E-state index >= 15 is 0 Å². The summed E-state index contributed by atoms with van der Waals surface area (Å²) >= 11 is 0. The zero-order valence-corrected chi connectivity index (χ0v) is 9.55. The van der Waals surface area contributed by atoms with Crippen molar-refractivity contribution in [2.24, 2.45) is 0 Å². The zero-order valence-electron chi connectivity index (χ0n) is 9.55. The summed E-state index contributed by atoms with van der Waals surface area (Å²) in [4.78, 5) is 10.8. The van der Waals surface area contributed by atoms with Crippen molar-refractivity contribution >= 4 is 5.97 Å². The molecule has 0 spiro atoms. The Labute approximate surface area is 91.9 Å². The molecular weight excluding hydrogens is 190 g/mol. The van der Waals surface area contributed by atoms with Crippen LogP contribution in [-0.4, -0.2) is 26.2 Å². The van der Waals surface area contributed by atoms with Crippen LogP contribution in [-0.2, 0) is 9.53 Å². The van der Waals surface area contributed by atoms with E-state index in [4.69, 9.17) is 0 Å². The van der Waals surface area contributed by atoms with Gasteiger partial charge >= 0.3 is 5.97 Å². The molecule has 0 aromatic rings. The lowest BCUT2D eigenvalue weighted by atomic mass is 10.2. The smallest absolute Gasteiger partial charge is 0.305 e. The van der Waals surface area contributed by atoms with E-state index in [0.717, 1.165) is 25.9 Å². The van der Waals surface area contributed by atoms with Gasteiger partial charge in [-0.3, -0.25) is 4.79 Å². The molecule has 0 aromatic heterocycles. The highest BCUT2D eigenvalue weighted by Gasteiger charge is 2.03. The van der Waals surface area contributed by atoms with Crippen LogP contribution in [0.15, 0.2) is 11.6 Å². The molecule has 0 unspecified atom stereocenters. The first-order valence-electron chi connectivity index (χ1n) is 5.78. The number of esters is 1. The Morgan fingerprint density at radius 2 is 2.40 bits per heavy atom. The number of carbonyl (C=O) groups excluding carboxylic acids is 1. The second-order valence-corrected chi connectivity index (χ2v) is 3.93. The predicted octanol–water partition coefficient (Wildman–Crippen LogP) is 2.03. The Morgan fingerprint density at radius 1 is 1.53 bits per heavy atom. The Bertz CT molecular complexity index is 224. The van der Waals surface area contributed by atoms with Crippen molar-refractivity contribution in [3.63, 3.8) is 0 Å². The van der Waals surface area contributed by atoms with Crippen molar-refractivity contribution in [3.8, 4) is 0 Å². The van der Waals surface area contributed by atoms with Crippen LogP contribution in [0.4, 0.5) is 0 Å². The third-order valence-electron chi connectivity index (χ3n) is 2.72. The molecule has 3 nitrogen and oxygen atoms in total. The molecule has 0 radical (unpaired) electrons. The fourth-order valence-corrected chi connectivity index (χ4v) is 1.80. The van der Waals surface area contributed by atoms with Crippen LogP contribution in [0.3, 0.4) is 0 Å². The van der Waals surface area contributed by atoms with Crippen LogP contribution < -0.4 is 5.32 Å². The highest BCUT2D eigenvalue weighted by atomic mass is 16.5. The number of allylic oxidation sites excluding steroid dienone is 1. The molecule has 1 aliphatic carbocycles. The van der Waals surface area contributed by atoms with Gasteiger partial charge in [0.15, 0.2) is 0 Å². The molecule has 0 aliphatic heterocycles. The van der Waals surface area contributed by atoms with Gasteiger partial charge in [0.05, 0.1) is 7.11 Å². The second kappa shape index (κ2) is 7.46. The van der Waals surface area contributed by atoms with E-state index in [1.54, 1.807) is 5.57 Å². The van der Waals surface area contributed by atoms with Crippen molar-refractivity contribution in [3.05, 3.63) is 11.6 Å². The second-order valence-electron chi connectivity index (χ2n) is 3.93. The molecule has 1 aliphatic rings. The molecule has 0 amide bonds. The van der Waals surface area contributed by atoms with Crippen molar-refractivity contribution in [1.82, 2.24) is 5.32 Å². The lowest BCUT2D eigenvalue weighted by Gasteiger charge is -2.04. The molecule has 0 aromatic carbocycles. The normalized spacial score (nSPS) is 15.1. The van der Waals surface area contributed by atoms with Gasteiger partial charge < -0.3 is 10.1 Å². The quantitative estimate of drug-likeness (QED) is 0.398. The molecular formula is C12H21NO2. The van der Waals surface area contributed by atoms with E-state index in [1.165, 1.54) is 26.4 Å². The van der Waals surface area contributed by atoms with Gasteiger partial charge in [-0.2, -0.15) is 0 Å². The largest absolute Gasteiger partial charge is 0.469 e. The number of hydrogen-bond acceptors (Lipinski definition) is 3. The van der Waals surface area contributed by atoms with Gasteiger partial charge in [0, 0.05) is 6.42 Å². The molecule has 0 heterocycles. The summed E-state index contributed by atoms with van der Waals surface area (Å²) in [6, 6.07) is 0. The van der Waals surface area contributed by atoms with E-state index < -0.39 is 0 Å². The van der Waals surface area contributed by atoms with E-state index in [2.05, 4.69) is 16.1 Å². The average molecular weight is 211 g/mol. The fraction of sp³-hybridized carbons (Fsp3) is 0.750. The molecule has 1 rings (SSSR count). The van der Waals surface area contributed by atoms with Crippen LogP contribution in [0.25, 0.3) is 0 Å². The first-order valence-corrected chi connectivity index (χ1v) is 5.78. The Morgan fingerprint density at radius 3 is 3.07 bits per heavy atom. The highest BCUT2D eigenvalue weighted by Crippen LogP contribution is 2.19. The number of carbonyl (C=O) groups is 1. The fourth-order valence-electron chi connectivity index (χ4n) is 1.80. The number of methoxy groups -OCH3 is 1. The first-order chi connectivity index (χ1) is 7.33. The summed E-state index contributed by atoms with van der Waals surface area (Å²) in [5.74, 6) is -0.115. The summed E-state index contributed by atoms with van der Waals surface area (Å²) in [7, 11) is 1.43. The topological polar surface area (TPSA) is 38.3 Å². The molecule has 0 bridgehead atoms. The average Bonchev–Trinajstić information content (AvgIpc) is 2.75. The van der Waals surface area contributed by atoms with Crippen LogP contribution in [0.1, 0.15) is 38.5 Å². The van der Waals surface area contributed by atoms with Crippen LogP contribution in [0.5, 0.6) is 0 Å². The van der Waals surface area contributed by atoms with Gasteiger partial charge in [0.1, 0.15) is 0 Å². The minimum atomic E-state index is -0.115. The van der Waals surface area contributed by atoms with Gasteiger partial charge in [-0.15, -0.1) is 0 Å². The van der Waals surface area contributed by atoms with Crippen LogP contribution >= 0.6 is 0 Å². The predicted molar refractivity (Wildman–Crippen MR) is 60.7 cm³/mol. The van der Waals surface area contributed by atoms with Crippen LogP contribution in [0, 0.1) is 0 Å². The van der Waals surface area contributed by atoms with Crippen molar-refractivity contribution in [2.45, 2.75) is 38.5 Å². The SMILES string of the molecule is COC(=O)CCCNCCC1=CCCC1. The molecule has 0 fully saturated rings. The number of nitrogens with one attached hydrogen (secondary N) is 1. The number of hydrogen-bond donors (Lipinski definition) is 1. The maximum atomic E-state index is 10.8. The van der Waals surface area contributed by atoms with E-state index in [1.807, 2.05) is 0 Å². The van der Waals surface area contributed by atoms with Crippen molar-refractivity contribution in [1.29, 1.82) is 0 Å². The highest BCUT2D eigenvalue weighted by molar-refractivity contribution is 5.69. The third-order valence-corrected chi connectivity index (χ3v) is 2.72. The Balaban J connectivity index is 1.86. The van der Waals surface area contributed by atoms with Gasteiger partial charge in [0.2, 0.25) is 0 Å². The molecule has 0 atom stereocenters. The van der Waals surface area contributed by atoms with Gasteiger partial charge in [0.25, 0.3) is 0 Å². The first kappa shape index (κ1) is 12.2. The van der Waals surface area contributed by atoms with E-state index in [0.29, 0.717) is 6.42 Å². The molecule has 0 saturated heterocycles. The van der Waals surface area contributed by atoms with E-state index in [9.17, 15) is 4.79 Å². The molecule has 0 saturated carbocycles. The lowest BCUT2D eigenvalue weighted by Crippen LogP contribution is -2.18. The molecule has 1 N–H and O–H groups in total. The summed E-state index contributed by atoms with van der Waals surface area (Å²) < 4.78 is 4.56. The lowest BCUT2D eigenvalue weighted by molar-refractivity contribution is -0.140. The van der Waals surface area contributed by atoms with Crippen molar-refractivity contribution in [2.75, 3.05) is 20.2 Å². The maximum Gasteiger partial charge on any atom is 0.305 e. The van der Waals surface area contributed by atoms with Gasteiger partial charge in [-0.1, -0.05) is 11.6 Å². The van der Waals surface area contributed by atoms with Gasteiger partial charge in [-0.25, -0.2) is 0 Å². The molecule has 3 heteroatoms. The summed E-state index contributed by atoms with van der Waals surface area (Å²) in [6.45, 7) is 1.94. The van der Waals surface area contributed by atoms with Gasteiger partial charge in [-0.05, 0) is 45.2 Å². The summed E-state index contributed by atoms with van der Waals surface area (Å²) in [5.41, 5.74) is 1.59. The summed E-state index contributed by atoms with van der Waals surface area (Å²) in [6.07, 6.45) is 8.78. The third kappa shape index (κ3) is 5.57.